The van der Waals surface area contributed by atoms with Crippen molar-refractivity contribution in [3.05, 3.63) is 23.4 Å². The molecule has 1 aliphatic rings. The predicted molar refractivity (Wildman–Crippen MR) is 68.2 cm³/mol. The van der Waals surface area contributed by atoms with Gasteiger partial charge in [-0.2, -0.15) is 0 Å². The Kier molecular flexibility index (Phi) is 4.15. The smallest absolute Gasteiger partial charge is 0.335 e. The maximum atomic E-state index is 11.1. The van der Waals surface area contributed by atoms with Crippen LogP contribution in [0.25, 0.3) is 0 Å². The number of anilines is 1. The summed E-state index contributed by atoms with van der Waals surface area (Å²) in [7, 11) is 0. The van der Waals surface area contributed by atoms with Crippen LogP contribution in [0.4, 0.5) is 5.82 Å². The number of carboxylic acids is 1. The minimum Gasteiger partial charge on any atom is -0.478 e. The van der Waals surface area contributed by atoms with Crippen LogP contribution in [0.15, 0.2) is 12.1 Å². The molecule has 2 heterocycles. The maximum absolute atomic E-state index is 11.1. The number of carbonyl (C=O) groups is 1. The third kappa shape index (κ3) is 2.98. The summed E-state index contributed by atoms with van der Waals surface area (Å²) in [6.07, 6.45) is 1.68. The zero-order valence-electron chi connectivity index (χ0n) is 10.6. The number of nitrogens with zero attached hydrogens (tertiary/aromatic N) is 2. The molecule has 0 aromatic carbocycles. The lowest BCUT2D eigenvalue weighted by Gasteiger charge is -2.21. The van der Waals surface area contributed by atoms with Gasteiger partial charge < -0.3 is 14.7 Å². The first-order valence-electron chi connectivity index (χ1n) is 6.27. The number of hydrogen-bond acceptors (Lipinski definition) is 4. The largest absolute Gasteiger partial charge is 0.478 e. The molecule has 5 nitrogen and oxygen atoms in total. The van der Waals surface area contributed by atoms with Gasteiger partial charge >= 0.3 is 5.97 Å². The Labute approximate surface area is 106 Å². The number of aromatic carboxylic acids is 1. The van der Waals surface area contributed by atoms with Crippen molar-refractivity contribution in [3.8, 4) is 0 Å². The average molecular weight is 250 g/mol. The Morgan fingerprint density at radius 2 is 2.28 bits per heavy atom. The minimum absolute atomic E-state index is 0.307. The molecule has 0 atom stereocenters. The maximum Gasteiger partial charge on any atom is 0.335 e. The van der Waals surface area contributed by atoms with Crippen molar-refractivity contribution in [2.24, 2.45) is 0 Å². The van der Waals surface area contributed by atoms with E-state index in [1.807, 2.05) is 6.92 Å². The van der Waals surface area contributed by atoms with Gasteiger partial charge in [-0.3, -0.25) is 0 Å². The number of aromatic nitrogens is 1. The number of ether oxygens (including phenoxy) is 1. The zero-order valence-corrected chi connectivity index (χ0v) is 10.6. The van der Waals surface area contributed by atoms with Crippen LogP contribution in [-0.4, -0.2) is 42.4 Å². The van der Waals surface area contributed by atoms with Crippen molar-refractivity contribution < 1.29 is 14.6 Å². The van der Waals surface area contributed by atoms with E-state index in [4.69, 9.17) is 9.84 Å². The highest BCUT2D eigenvalue weighted by Crippen LogP contribution is 2.17. The topological polar surface area (TPSA) is 62.7 Å². The predicted octanol–water partition coefficient (Wildman–Crippen LogP) is 1.57. The standard InChI is InChI=1S/C13H18N2O3/c1-2-11-8-10(13(16)17)9-12(14-11)15-4-3-6-18-7-5-15/h8-9H,2-7H2,1H3,(H,16,17). The molecule has 0 bridgehead atoms. The molecule has 0 unspecified atom stereocenters. The molecular weight excluding hydrogens is 232 g/mol. The van der Waals surface area contributed by atoms with Gasteiger partial charge in [0.25, 0.3) is 0 Å². The first-order valence-corrected chi connectivity index (χ1v) is 6.27. The quantitative estimate of drug-likeness (QED) is 0.882. The fourth-order valence-electron chi connectivity index (χ4n) is 2.01. The van der Waals surface area contributed by atoms with Gasteiger partial charge in [-0.1, -0.05) is 6.92 Å². The second kappa shape index (κ2) is 5.82. The molecule has 1 N–H and O–H groups in total. The molecule has 1 aromatic heterocycles. The van der Waals surface area contributed by atoms with E-state index in [2.05, 4.69) is 9.88 Å². The Morgan fingerprint density at radius 1 is 1.44 bits per heavy atom. The van der Waals surface area contributed by atoms with E-state index >= 15 is 0 Å². The van der Waals surface area contributed by atoms with Crippen LogP contribution in [0, 0.1) is 0 Å². The highest BCUT2D eigenvalue weighted by atomic mass is 16.5. The molecule has 1 aromatic rings. The number of rotatable bonds is 3. The lowest BCUT2D eigenvalue weighted by molar-refractivity contribution is 0.0696. The number of hydrogen-bond donors (Lipinski definition) is 1. The molecule has 18 heavy (non-hydrogen) atoms. The molecule has 0 saturated carbocycles. The molecule has 0 spiro atoms. The summed E-state index contributed by atoms with van der Waals surface area (Å²) in [6.45, 7) is 5.03. The summed E-state index contributed by atoms with van der Waals surface area (Å²) >= 11 is 0. The molecule has 2 rings (SSSR count). The number of pyridine rings is 1. The summed E-state index contributed by atoms with van der Waals surface area (Å²) in [5.41, 5.74) is 1.12. The van der Waals surface area contributed by atoms with E-state index in [0.717, 1.165) is 44.0 Å². The van der Waals surface area contributed by atoms with Crippen molar-refractivity contribution in [1.82, 2.24) is 4.98 Å². The fourth-order valence-corrected chi connectivity index (χ4v) is 2.01. The normalized spacial score (nSPS) is 16.4. The SMILES string of the molecule is CCc1cc(C(=O)O)cc(N2CCCOCC2)n1. The van der Waals surface area contributed by atoms with Gasteiger partial charge in [-0.25, -0.2) is 9.78 Å². The van der Waals surface area contributed by atoms with Crippen LogP contribution >= 0.6 is 0 Å². The Hall–Kier alpha value is -1.62. The summed E-state index contributed by atoms with van der Waals surface area (Å²) in [5.74, 6) is -0.156. The van der Waals surface area contributed by atoms with E-state index in [-0.39, 0.29) is 0 Å². The summed E-state index contributed by atoms with van der Waals surface area (Å²) in [5, 5.41) is 9.11. The Morgan fingerprint density at radius 3 is 3.00 bits per heavy atom. The lowest BCUT2D eigenvalue weighted by Crippen LogP contribution is -2.27. The molecular formula is C13H18N2O3. The molecule has 1 fully saturated rings. The second-order valence-corrected chi connectivity index (χ2v) is 4.32. The first-order chi connectivity index (χ1) is 8.70. The average Bonchev–Trinajstić information content (AvgIpc) is 2.67. The van der Waals surface area contributed by atoms with Crippen molar-refractivity contribution in [2.45, 2.75) is 19.8 Å². The van der Waals surface area contributed by atoms with E-state index < -0.39 is 5.97 Å². The van der Waals surface area contributed by atoms with Gasteiger partial charge in [0.2, 0.25) is 0 Å². The van der Waals surface area contributed by atoms with Gasteiger partial charge in [-0.05, 0) is 25.0 Å². The van der Waals surface area contributed by atoms with Crippen molar-refractivity contribution in [2.75, 3.05) is 31.2 Å². The van der Waals surface area contributed by atoms with Crippen LogP contribution in [0.1, 0.15) is 29.4 Å². The number of carboxylic acid groups (broad SMARTS) is 1. The van der Waals surface area contributed by atoms with Crippen molar-refractivity contribution >= 4 is 11.8 Å². The molecule has 1 aliphatic heterocycles. The number of aryl methyl sites for hydroxylation is 1. The van der Waals surface area contributed by atoms with Gasteiger partial charge in [-0.15, -0.1) is 0 Å². The summed E-state index contributed by atoms with van der Waals surface area (Å²) < 4.78 is 5.39. The van der Waals surface area contributed by atoms with Gasteiger partial charge in [0.1, 0.15) is 5.82 Å². The van der Waals surface area contributed by atoms with E-state index in [9.17, 15) is 4.79 Å². The van der Waals surface area contributed by atoms with Crippen LogP contribution in [-0.2, 0) is 11.2 Å². The van der Waals surface area contributed by atoms with Crippen LogP contribution in [0.2, 0.25) is 0 Å². The summed E-state index contributed by atoms with van der Waals surface area (Å²) in [6, 6.07) is 3.28. The second-order valence-electron chi connectivity index (χ2n) is 4.32. The van der Waals surface area contributed by atoms with Gasteiger partial charge in [0, 0.05) is 25.4 Å². The molecule has 0 aliphatic carbocycles. The third-order valence-corrected chi connectivity index (χ3v) is 3.02. The van der Waals surface area contributed by atoms with Crippen molar-refractivity contribution in [1.29, 1.82) is 0 Å². The summed E-state index contributed by atoms with van der Waals surface area (Å²) in [4.78, 5) is 17.7. The Bertz CT molecular complexity index is 426. The highest BCUT2D eigenvalue weighted by Gasteiger charge is 2.14. The molecule has 1 saturated heterocycles. The minimum atomic E-state index is -0.903. The van der Waals surface area contributed by atoms with E-state index in [1.165, 1.54) is 0 Å². The Balaban J connectivity index is 2.29. The van der Waals surface area contributed by atoms with Gasteiger partial charge in [0.05, 0.1) is 12.2 Å². The van der Waals surface area contributed by atoms with Crippen LogP contribution in [0.5, 0.6) is 0 Å². The van der Waals surface area contributed by atoms with Crippen molar-refractivity contribution in [3.63, 3.8) is 0 Å². The fraction of sp³-hybridized carbons (Fsp3) is 0.538. The molecule has 5 heteroatoms. The third-order valence-electron chi connectivity index (χ3n) is 3.02. The van der Waals surface area contributed by atoms with Crippen LogP contribution < -0.4 is 4.90 Å². The monoisotopic (exact) mass is 250 g/mol. The molecule has 98 valence electrons. The molecule has 0 amide bonds. The zero-order chi connectivity index (χ0) is 13.0. The van der Waals surface area contributed by atoms with Gasteiger partial charge in [0.15, 0.2) is 0 Å². The lowest BCUT2D eigenvalue weighted by atomic mass is 10.2. The van der Waals surface area contributed by atoms with E-state index in [1.54, 1.807) is 12.1 Å². The van der Waals surface area contributed by atoms with Crippen LogP contribution in [0.3, 0.4) is 0 Å². The highest BCUT2D eigenvalue weighted by molar-refractivity contribution is 5.88. The molecule has 0 radical (unpaired) electrons. The van der Waals surface area contributed by atoms with E-state index in [0.29, 0.717) is 12.2 Å². The first kappa shape index (κ1) is 12.8.